The van der Waals surface area contributed by atoms with Gasteiger partial charge in [-0.1, -0.05) is 13.8 Å². The molecule has 0 aromatic rings. The Kier molecular flexibility index (Phi) is 5.76. The molecule has 9 heteroatoms. The number of hydrogen-bond donors (Lipinski definition) is 1. The molecule has 158 valence electrons. The van der Waals surface area contributed by atoms with Gasteiger partial charge in [-0.3, -0.25) is 14.5 Å². The van der Waals surface area contributed by atoms with E-state index >= 15 is 0 Å². The Labute approximate surface area is 166 Å². The standard InChI is InChI=1S/C19H31N3O5S/c1-4-14(3)22(15-7-10-28(26,27)12-15)16(23)11-21-17(24)19(20-18(21)25)8-5-13(2)6-9-19/h13-15H,4-12H2,1-3H3,(H,20,25)/t13?,14-,15-,19?/m1/s1. The van der Waals surface area contributed by atoms with Crippen LogP contribution in [-0.2, 0) is 19.4 Å². The van der Waals surface area contributed by atoms with Crippen LogP contribution in [0.1, 0.15) is 59.3 Å². The predicted octanol–water partition coefficient (Wildman–Crippen LogP) is 1.30. The van der Waals surface area contributed by atoms with E-state index < -0.39 is 27.4 Å². The summed E-state index contributed by atoms with van der Waals surface area (Å²) in [5.74, 6) is -0.133. The second-order valence-electron chi connectivity index (χ2n) is 8.70. The Morgan fingerprint density at radius 3 is 2.46 bits per heavy atom. The first kappa shape index (κ1) is 21.1. The van der Waals surface area contributed by atoms with Crippen LogP contribution in [-0.4, -0.2) is 71.7 Å². The lowest BCUT2D eigenvalue weighted by molar-refractivity contribution is -0.142. The molecule has 0 aromatic carbocycles. The number of sulfone groups is 1. The summed E-state index contributed by atoms with van der Waals surface area (Å²) in [6.45, 7) is 5.61. The lowest BCUT2D eigenvalue weighted by Crippen LogP contribution is -2.52. The molecular formula is C19H31N3O5S. The molecule has 3 rings (SSSR count). The summed E-state index contributed by atoms with van der Waals surface area (Å²) in [7, 11) is -3.15. The average molecular weight is 414 g/mol. The van der Waals surface area contributed by atoms with Gasteiger partial charge in [0.1, 0.15) is 12.1 Å². The summed E-state index contributed by atoms with van der Waals surface area (Å²) >= 11 is 0. The van der Waals surface area contributed by atoms with Gasteiger partial charge in [-0.05, 0) is 51.4 Å². The van der Waals surface area contributed by atoms with E-state index in [1.807, 2.05) is 13.8 Å². The lowest BCUT2D eigenvalue weighted by Gasteiger charge is -2.35. The molecule has 3 fully saturated rings. The number of urea groups is 1. The molecule has 0 bridgehead atoms. The van der Waals surface area contributed by atoms with Crippen molar-refractivity contribution in [3.05, 3.63) is 0 Å². The van der Waals surface area contributed by atoms with E-state index in [1.165, 1.54) is 0 Å². The number of hydrogen-bond acceptors (Lipinski definition) is 5. The van der Waals surface area contributed by atoms with Gasteiger partial charge in [0.05, 0.1) is 11.5 Å². The van der Waals surface area contributed by atoms with Gasteiger partial charge in [0, 0.05) is 12.1 Å². The topological polar surface area (TPSA) is 104 Å². The predicted molar refractivity (Wildman–Crippen MR) is 104 cm³/mol. The second-order valence-corrected chi connectivity index (χ2v) is 10.9. The van der Waals surface area contributed by atoms with Crippen LogP contribution in [0.2, 0.25) is 0 Å². The van der Waals surface area contributed by atoms with Crippen molar-refractivity contribution in [1.82, 2.24) is 15.1 Å². The van der Waals surface area contributed by atoms with Crippen LogP contribution in [0.4, 0.5) is 4.79 Å². The molecule has 1 spiro atoms. The fraction of sp³-hybridized carbons (Fsp3) is 0.842. The van der Waals surface area contributed by atoms with E-state index in [2.05, 4.69) is 12.2 Å². The van der Waals surface area contributed by atoms with Gasteiger partial charge in [-0.2, -0.15) is 0 Å². The first-order chi connectivity index (χ1) is 13.1. The first-order valence-electron chi connectivity index (χ1n) is 10.2. The minimum Gasteiger partial charge on any atom is -0.334 e. The number of carbonyl (C=O) groups excluding carboxylic acids is 3. The fourth-order valence-electron chi connectivity index (χ4n) is 4.63. The van der Waals surface area contributed by atoms with Crippen LogP contribution in [0.25, 0.3) is 0 Å². The van der Waals surface area contributed by atoms with Gasteiger partial charge in [0.2, 0.25) is 5.91 Å². The van der Waals surface area contributed by atoms with E-state index in [9.17, 15) is 22.8 Å². The van der Waals surface area contributed by atoms with E-state index in [4.69, 9.17) is 0 Å². The van der Waals surface area contributed by atoms with E-state index in [1.54, 1.807) is 4.90 Å². The zero-order chi connectivity index (χ0) is 20.7. The largest absolute Gasteiger partial charge is 0.334 e. The van der Waals surface area contributed by atoms with Crippen molar-refractivity contribution in [2.24, 2.45) is 5.92 Å². The summed E-state index contributed by atoms with van der Waals surface area (Å²) < 4.78 is 23.8. The highest BCUT2D eigenvalue weighted by Gasteiger charge is 2.53. The third kappa shape index (κ3) is 3.90. The van der Waals surface area contributed by atoms with Gasteiger partial charge < -0.3 is 10.2 Å². The number of carbonyl (C=O) groups is 3. The van der Waals surface area contributed by atoms with Crippen LogP contribution < -0.4 is 5.32 Å². The smallest absolute Gasteiger partial charge is 0.325 e. The lowest BCUT2D eigenvalue weighted by atomic mass is 9.77. The molecule has 2 atom stereocenters. The van der Waals surface area contributed by atoms with Crippen LogP contribution in [0.15, 0.2) is 0 Å². The van der Waals surface area contributed by atoms with Crippen molar-refractivity contribution in [2.45, 2.75) is 76.9 Å². The Hall–Kier alpha value is -1.64. The van der Waals surface area contributed by atoms with Crippen molar-refractivity contribution >= 4 is 27.7 Å². The number of amides is 4. The second kappa shape index (κ2) is 7.65. The maximum Gasteiger partial charge on any atom is 0.325 e. The molecule has 0 radical (unpaired) electrons. The summed E-state index contributed by atoms with van der Waals surface area (Å²) in [4.78, 5) is 41.2. The molecule has 2 aliphatic heterocycles. The minimum atomic E-state index is -3.15. The zero-order valence-corrected chi connectivity index (χ0v) is 17.8. The summed E-state index contributed by atoms with van der Waals surface area (Å²) in [5.41, 5.74) is -0.873. The third-order valence-electron chi connectivity index (χ3n) is 6.62. The molecule has 8 nitrogen and oxygen atoms in total. The quantitative estimate of drug-likeness (QED) is 0.684. The molecule has 4 amide bonds. The van der Waals surface area contributed by atoms with E-state index in [0.717, 1.165) is 17.7 Å². The average Bonchev–Trinajstić information content (AvgIpc) is 3.10. The number of imide groups is 1. The van der Waals surface area contributed by atoms with Crippen LogP contribution in [0.3, 0.4) is 0 Å². The molecule has 1 saturated carbocycles. The number of nitrogens with zero attached hydrogens (tertiary/aromatic N) is 2. The molecule has 0 aromatic heterocycles. The molecule has 28 heavy (non-hydrogen) atoms. The summed E-state index contributed by atoms with van der Waals surface area (Å²) in [6, 6.07) is -1.06. The Morgan fingerprint density at radius 2 is 1.93 bits per heavy atom. The molecule has 2 saturated heterocycles. The fourth-order valence-corrected chi connectivity index (χ4v) is 6.34. The van der Waals surface area contributed by atoms with Gasteiger partial charge in [-0.15, -0.1) is 0 Å². The van der Waals surface area contributed by atoms with E-state index in [0.29, 0.717) is 31.6 Å². The normalized spacial score (nSPS) is 33.2. The summed E-state index contributed by atoms with van der Waals surface area (Å²) in [5, 5.41) is 2.83. The van der Waals surface area contributed by atoms with Crippen molar-refractivity contribution in [3.63, 3.8) is 0 Å². The van der Waals surface area contributed by atoms with E-state index in [-0.39, 0.29) is 35.9 Å². The summed E-state index contributed by atoms with van der Waals surface area (Å²) in [6.07, 6.45) is 4.00. The van der Waals surface area contributed by atoms with Crippen molar-refractivity contribution in [1.29, 1.82) is 0 Å². The molecule has 3 aliphatic rings. The Bertz CT molecular complexity index is 758. The molecule has 1 aliphatic carbocycles. The molecule has 1 N–H and O–H groups in total. The van der Waals surface area contributed by atoms with Crippen molar-refractivity contribution < 1.29 is 22.8 Å². The maximum absolute atomic E-state index is 13.1. The highest BCUT2D eigenvalue weighted by Crippen LogP contribution is 2.36. The monoisotopic (exact) mass is 413 g/mol. The SMILES string of the molecule is CC[C@@H](C)N(C(=O)CN1C(=O)NC2(CCC(C)CC2)C1=O)[C@@H]1CCS(=O)(=O)C1. The van der Waals surface area contributed by atoms with Gasteiger partial charge in [0.15, 0.2) is 9.84 Å². The maximum atomic E-state index is 13.1. The Morgan fingerprint density at radius 1 is 1.29 bits per heavy atom. The minimum absolute atomic E-state index is 0.0505. The molecular weight excluding hydrogens is 382 g/mol. The van der Waals surface area contributed by atoms with Gasteiger partial charge >= 0.3 is 6.03 Å². The zero-order valence-electron chi connectivity index (χ0n) is 16.9. The number of rotatable bonds is 5. The van der Waals surface area contributed by atoms with Crippen LogP contribution in [0.5, 0.6) is 0 Å². The third-order valence-corrected chi connectivity index (χ3v) is 8.37. The first-order valence-corrected chi connectivity index (χ1v) is 12.1. The number of nitrogens with one attached hydrogen (secondary N) is 1. The van der Waals surface area contributed by atoms with Crippen LogP contribution >= 0.6 is 0 Å². The van der Waals surface area contributed by atoms with Gasteiger partial charge in [-0.25, -0.2) is 13.2 Å². The highest BCUT2D eigenvalue weighted by molar-refractivity contribution is 7.91. The van der Waals surface area contributed by atoms with Gasteiger partial charge in [0.25, 0.3) is 5.91 Å². The molecule has 0 unspecified atom stereocenters. The molecule has 2 heterocycles. The Balaban J connectivity index is 1.74. The van der Waals surface area contributed by atoms with Crippen molar-refractivity contribution in [3.8, 4) is 0 Å². The van der Waals surface area contributed by atoms with Crippen LogP contribution in [0, 0.1) is 5.92 Å². The highest BCUT2D eigenvalue weighted by atomic mass is 32.2. The van der Waals surface area contributed by atoms with Crippen molar-refractivity contribution in [2.75, 3.05) is 18.1 Å².